The summed E-state index contributed by atoms with van der Waals surface area (Å²) in [5, 5.41) is 7.86. The summed E-state index contributed by atoms with van der Waals surface area (Å²) in [7, 11) is 0. The van der Waals surface area contributed by atoms with Crippen molar-refractivity contribution in [2.45, 2.75) is 0 Å². The van der Waals surface area contributed by atoms with Crippen LogP contribution in [0.3, 0.4) is 0 Å². The summed E-state index contributed by atoms with van der Waals surface area (Å²) in [6.45, 7) is 0. The molecule has 1 aromatic carbocycles. The molecule has 0 spiro atoms. The predicted octanol–water partition coefficient (Wildman–Crippen LogP) is 2.47. The number of hydrogen-bond acceptors (Lipinski definition) is 3. The average Bonchev–Trinajstić information content (AvgIpc) is 2.89. The van der Waals surface area contributed by atoms with Gasteiger partial charge in [0, 0.05) is 18.0 Å². The van der Waals surface area contributed by atoms with Crippen molar-refractivity contribution in [1.82, 2.24) is 20.0 Å². The van der Waals surface area contributed by atoms with Crippen molar-refractivity contribution in [1.29, 1.82) is 0 Å². The van der Waals surface area contributed by atoms with Gasteiger partial charge in [0.15, 0.2) is 0 Å². The summed E-state index contributed by atoms with van der Waals surface area (Å²) in [6, 6.07) is 9.94. The fourth-order valence-corrected chi connectivity index (χ4v) is 1.75. The van der Waals surface area contributed by atoms with Crippen LogP contribution < -0.4 is 0 Å². The van der Waals surface area contributed by atoms with E-state index in [1.165, 1.54) is 12.1 Å². The second kappa shape index (κ2) is 4.37. The van der Waals surface area contributed by atoms with E-state index in [-0.39, 0.29) is 5.82 Å². The Labute approximate surface area is 103 Å². The normalized spacial score (nSPS) is 10.5. The van der Waals surface area contributed by atoms with Crippen LogP contribution in [0, 0.1) is 5.82 Å². The van der Waals surface area contributed by atoms with Crippen molar-refractivity contribution in [3.8, 4) is 16.9 Å². The molecule has 4 nitrogen and oxygen atoms in total. The first-order valence-corrected chi connectivity index (χ1v) is 5.41. The van der Waals surface area contributed by atoms with E-state index in [9.17, 15) is 4.39 Å². The van der Waals surface area contributed by atoms with Crippen molar-refractivity contribution >= 4 is 0 Å². The smallest absolute Gasteiger partial charge is 0.125 e. The molecule has 3 rings (SSSR count). The molecule has 0 bridgehead atoms. The zero-order chi connectivity index (χ0) is 12.4. The van der Waals surface area contributed by atoms with Gasteiger partial charge in [-0.3, -0.25) is 4.98 Å². The molecule has 0 aliphatic carbocycles. The van der Waals surface area contributed by atoms with Crippen LogP contribution in [0.2, 0.25) is 0 Å². The molecule has 0 saturated heterocycles. The minimum absolute atomic E-state index is 0.302. The van der Waals surface area contributed by atoms with Crippen LogP contribution in [0.5, 0.6) is 0 Å². The van der Waals surface area contributed by atoms with Gasteiger partial charge in [-0.15, -0.1) is 5.10 Å². The third kappa shape index (κ3) is 1.86. The molecule has 18 heavy (non-hydrogen) atoms. The summed E-state index contributed by atoms with van der Waals surface area (Å²) in [4.78, 5) is 3.96. The number of rotatable bonds is 2. The highest BCUT2D eigenvalue weighted by Crippen LogP contribution is 2.20. The molecule has 0 saturated carbocycles. The topological polar surface area (TPSA) is 43.6 Å². The van der Waals surface area contributed by atoms with Gasteiger partial charge in [-0.25, -0.2) is 9.07 Å². The van der Waals surface area contributed by atoms with E-state index in [1.807, 2.05) is 12.1 Å². The lowest BCUT2D eigenvalue weighted by Gasteiger charge is -2.05. The highest BCUT2D eigenvalue weighted by molar-refractivity contribution is 5.60. The Balaban J connectivity index is 2.13. The van der Waals surface area contributed by atoms with Gasteiger partial charge in [-0.1, -0.05) is 11.3 Å². The largest absolute Gasteiger partial charge is 0.265 e. The zero-order valence-corrected chi connectivity index (χ0v) is 9.36. The van der Waals surface area contributed by atoms with Gasteiger partial charge < -0.3 is 0 Å². The zero-order valence-electron chi connectivity index (χ0n) is 9.36. The van der Waals surface area contributed by atoms with Gasteiger partial charge in [-0.2, -0.15) is 0 Å². The second-order valence-corrected chi connectivity index (χ2v) is 3.75. The molecule has 5 heteroatoms. The van der Waals surface area contributed by atoms with E-state index in [1.54, 1.807) is 35.4 Å². The SMILES string of the molecule is Fc1cccc(-n2nncc2-c2ccncc2)c1. The molecule has 0 unspecified atom stereocenters. The number of halogens is 1. The average molecular weight is 240 g/mol. The van der Waals surface area contributed by atoms with Gasteiger partial charge in [0.1, 0.15) is 5.82 Å². The van der Waals surface area contributed by atoms with Crippen LogP contribution in [-0.2, 0) is 0 Å². The maximum atomic E-state index is 13.2. The van der Waals surface area contributed by atoms with E-state index < -0.39 is 0 Å². The van der Waals surface area contributed by atoms with Crippen LogP contribution in [0.4, 0.5) is 4.39 Å². The summed E-state index contributed by atoms with van der Waals surface area (Å²) in [6.07, 6.45) is 5.02. The monoisotopic (exact) mass is 240 g/mol. The van der Waals surface area contributed by atoms with Gasteiger partial charge in [0.05, 0.1) is 17.6 Å². The summed E-state index contributed by atoms with van der Waals surface area (Å²) in [5.74, 6) is -0.302. The van der Waals surface area contributed by atoms with Crippen LogP contribution in [0.25, 0.3) is 16.9 Å². The van der Waals surface area contributed by atoms with Gasteiger partial charge >= 0.3 is 0 Å². The fraction of sp³-hybridized carbons (Fsp3) is 0. The molecule has 3 aromatic rings. The summed E-state index contributed by atoms with van der Waals surface area (Å²) in [5.41, 5.74) is 2.36. The lowest BCUT2D eigenvalue weighted by molar-refractivity contribution is 0.625. The minimum Gasteiger partial charge on any atom is -0.265 e. The molecular weight excluding hydrogens is 231 g/mol. The Morgan fingerprint density at radius 1 is 1.06 bits per heavy atom. The summed E-state index contributed by atoms with van der Waals surface area (Å²) < 4.78 is 14.8. The first kappa shape index (κ1) is 10.6. The van der Waals surface area contributed by atoms with Crippen LogP contribution in [0.1, 0.15) is 0 Å². The van der Waals surface area contributed by atoms with Gasteiger partial charge in [-0.05, 0) is 30.3 Å². The minimum atomic E-state index is -0.302. The van der Waals surface area contributed by atoms with Crippen molar-refractivity contribution < 1.29 is 4.39 Å². The van der Waals surface area contributed by atoms with Crippen molar-refractivity contribution in [2.24, 2.45) is 0 Å². The first-order chi connectivity index (χ1) is 8.84. The Kier molecular flexibility index (Phi) is 2.57. The maximum Gasteiger partial charge on any atom is 0.125 e. The lowest BCUT2D eigenvalue weighted by atomic mass is 10.2. The van der Waals surface area contributed by atoms with Crippen molar-refractivity contribution in [3.63, 3.8) is 0 Å². The molecule has 0 atom stereocenters. The Bertz CT molecular complexity index is 664. The summed E-state index contributed by atoms with van der Waals surface area (Å²) >= 11 is 0. The lowest BCUT2D eigenvalue weighted by Crippen LogP contribution is -1.99. The number of hydrogen-bond donors (Lipinski definition) is 0. The maximum absolute atomic E-state index is 13.2. The third-order valence-corrected chi connectivity index (χ3v) is 2.58. The molecule has 0 aliphatic heterocycles. The molecule has 0 fully saturated rings. The quantitative estimate of drug-likeness (QED) is 0.691. The third-order valence-electron chi connectivity index (χ3n) is 2.58. The highest BCUT2D eigenvalue weighted by atomic mass is 19.1. The van der Waals surface area contributed by atoms with E-state index >= 15 is 0 Å². The van der Waals surface area contributed by atoms with Gasteiger partial charge in [0.2, 0.25) is 0 Å². The van der Waals surface area contributed by atoms with Gasteiger partial charge in [0.25, 0.3) is 0 Å². The molecule has 0 aliphatic rings. The molecule has 2 heterocycles. The fourth-order valence-electron chi connectivity index (χ4n) is 1.75. The molecular formula is C13H9FN4. The van der Waals surface area contributed by atoms with Crippen LogP contribution >= 0.6 is 0 Å². The second-order valence-electron chi connectivity index (χ2n) is 3.75. The van der Waals surface area contributed by atoms with E-state index in [4.69, 9.17) is 0 Å². The standard InChI is InChI=1S/C13H9FN4/c14-11-2-1-3-12(8-11)18-13(9-16-17-18)10-4-6-15-7-5-10/h1-9H. The van der Waals surface area contributed by atoms with E-state index in [0.717, 1.165) is 11.3 Å². The number of benzene rings is 1. The molecule has 0 N–H and O–H groups in total. The van der Waals surface area contributed by atoms with Crippen molar-refractivity contribution in [2.75, 3.05) is 0 Å². The molecule has 0 amide bonds. The Hall–Kier alpha value is -2.56. The first-order valence-electron chi connectivity index (χ1n) is 5.41. The molecule has 0 radical (unpaired) electrons. The Morgan fingerprint density at radius 2 is 1.89 bits per heavy atom. The van der Waals surface area contributed by atoms with Crippen LogP contribution in [0.15, 0.2) is 55.0 Å². The number of nitrogens with zero attached hydrogens (tertiary/aromatic N) is 4. The van der Waals surface area contributed by atoms with Crippen molar-refractivity contribution in [3.05, 3.63) is 60.8 Å². The molecule has 2 aromatic heterocycles. The van der Waals surface area contributed by atoms with E-state index in [2.05, 4.69) is 15.3 Å². The molecule has 88 valence electrons. The number of aromatic nitrogens is 4. The van der Waals surface area contributed by atoms with Crippen LogP contribution in [-0.4, -0.2) is 20.0 Å². The highest BCUT2D eigenvalue weighted by Gasteiger charge is 2.08. The van der Waals surface area contributed by atoms with E-state index in [0.29, 0.717) is 5.69 Å². The predicted molar refractivity (Wildman–Crippen MR) is 64.5 cm³/mol. The Morgan fingerprint density at radius 3 is 2.67 bits per heavy atom. The number of pyridine rings is 1.